The van der Waals surface area contributed by atoms with E-state index in [-0.39, 0.29) is 51.2 Å². The Morgan fingerprint density at radius 1 is 0.962 bits per heavy atom. The van der Waals surface area contributed by atoms with Crippen LogP contribution in [0.1, 0.15) is 59.9 Å². The summed E-state index contributed by atoms with van der Waals surface area (Å²) in [4.78, 5) is 69.7. The van der Waals surface area contributed by atoms with Crippen molar-refractivity contribution in [3.05, 3.63) is 105 Å². The highest BCUT2D eigenvalue weighted by Crippen LogP contribution is 2.43. The second-order valence-corrected chi connectivity index (χ2v) is 12.5. The number of rotatable bonds is 10. The van der Waals surface area contributed by atoms with Crippen molar-refractivity contribution in [2.24, 2.45) is 11.5 Å². The summed E-state index contributed by atoms with van der Waals surface area (Å²) in [5.74, 6) is -6.97. The molecule has 0 fully saturated rings. The number of aromatic carboxylic acids is 1. The summed E-state index contributed by atoms with van der Waals surface area (Å²) in [7, 11) is -5.06. The minimum atomic E-state index is -5.06. The Morgan fingerprint density at radius 3 is 2.13 bits per heavy atom. The maximum Gasteiger partial charge on any atom is 0.336 e. The maximum atomic E-state index is 14.6. The highest BCUT2D eigenvalue weighted by Gasteiger charge is 2.26. The Labute approximate surface area is 301 Å². The van der Waals surface area contributed by atoms with Crippen molar-refractivity contribution in [1.82, 2.24) is 5.32 Å². The molecular weight excluding hydrogens is 719 g/mol. The van der Waals surface area contributed by atoms with Gasteiger partial charge in [0.2, 0.25) is 11.3 Å². The number of carbonyl (C=O) groups is 3. The van der Waals surface area contributed by atoms with Crippen LogP contribution < -0.4 is 31.6 Å². The van der Waals surface area contributed by atoms with Gasteiger partial charge >= 0.3 is 13.8 Å². The van der Waals surface area contributed by atoms with Gasteiger partial charge in [-0.15, -0.1) is 0 Å². The largest absolute Gasteiger partial charge is 0.746 e. The number of hydrogen-bond donors (Lipinski definition) is 6. The first-order valence-corrected chi connectivity index (χ1v) is 17.5. The number of unbranched alkanes of at least 4 members (excludes halogenated alkanes) is 1. The van der Waals surface area contributed by atoms with Gasteiger partial charge in [0.15, 0.2) is 17.4 Å². The molecule has 5 rings (SSSR count). The number of fused-ring (bicyclic) bond motifs is 2. The molecule has 2 aliphatic rings. The molecule has 0 bridgehead atoms. The molecule has 0 radical (unpaired) electrons. The lowest BCUT2D eigenvalue weighted by molar-refractivity contribution is -0.211. The maximum absolute atomic E-state index is 14.6. The Bertz CT molecular complexity index is 2190. The number of phosphoric ester groups is 1. The molecule has 14 nitrogen and oxygen atoms in total. The molecule has 282 valence electrons. The molecule has 3 aromatic rings. The number of phenols is 1. The first-order valence-electron chi connectivity index (χ1n) is 16.0. The highest BCUT2D eigenvalue weighted by molar-refractivity contribution is 7.45. The first-order chi connectivity index (χ1) is 24.9. The molecule has 0 saturated carbocycles. The quantitative estimate of drug-likeness (QED) is 0.0839. The molecule has 0 spiro atoms. The van der Waals surface area contributed by atoms with E-state index in [2.05, 4.69) is 23.7 Å². The molecule has 0 saturated heterocycles. The van der Waals surface area contributed by atoms with Crippen molar-refractivity contribution in [2.45, 2.75) is 46.1 Å². The van der Waals surface area contributed by atoms with Gasteiger partial charge in [-0.3, -0.25) is 18.9 Å². The lowest BCUT2D eigenvalue weighted by atomic mass is 9.89. The SMILES string of the molecule is CCCC.CCN.NC(=O)C(Cc1ccc(OP(=O)([O-])O)cc1)NC(=O)c1ccc(C(=O)O)c(-c2c3cc(F)c(=O)cc-3oc3cc(O)c(F)cc23)c1. The van der Waals surface area contributed by atoms with Crippen molar-refractivity contribution >= 4 is 36.6 Å². The third-order valence-electron chi connectivity index (χ3n) is 7.36. The molecular formula is C36H37F2N3O11P-. The predicted molar refractivity (Wildman–Crippen MR) is 189 cm³/mol. The van der Waals surface area contributed by atoms with Crippen LogP contribution in [0.4, 0.5) is 8.78 Å². The van der Waals surface area contributed by atoms with Crippen LogP contribution in [0.3, 0.4) is 0 Å². The van der Waals surface area contributed by atoms with Gasteiger partial charge in [-0.1, -0.05) is 45.7 Å². The van der Waals surface area contributed by atoms with Gasteiger partial charge in [0.05, 0.1) is 5.56 Å². The molecule has 8 N–H and O–H groups in total. The second kappa shape index (κ2) is 18.2. The average molecular weight is 757 g/mol. The number of primary amides is 1. The summed E-state index contributed by atoms with van der Waals surface area (Å²) < 4.78 is 50.0. The zero-order chi connectivity index (χ0) is 39.6. The Morgan fingerprint density at radius 2 is 1.58 bits per heavy atom. The van der Waals surface area contributed by atoms with Crippen molar-refractivity contribution in [1.29, 1.82) is 0 Å². The van der Waals surface area contributed by atoms with Crippen LogP contribution in [0.2, 0.25) is 0 Å². The second-order valence-electron chi connectivity index (χ2n) is 11.4. The fraction of sp³-hybridized carbons (Fsp3) is 0.222. The van der Waals surface area contributed by atoms with Gasteiger partial charge in [0.25, 0.3) is 5.91 Å². The molecule has 2 atom stereocenters. The van der Waals surface area contributed by atoms with Crippen molar-refractivity contribution in [3.8, 4) is 33.9 Å². The third kappa shape index (κ3) is 10.9. The Balaban J connectivity index is 0.000000996. The van der Waals surface area contributed by atoms with Crippen molar-refractivity contribution in [2.75, 3.05) is 6.54 Å². The van der Waals surface area contributed by atoms with Gasteiger partial charge in [-0.05, 0) is 60.1 Å². The Kier molecular flexibility index (Phi) is 14.3. The molecule has 2 amide bonds. The number of phenolic OH excluding ortho intramolecular Hbond substituents is 1. The van der Waals surface area contributed by atoms with Gasteiger partial charge in [-0.25, -0.2) is 13.6 Å². The van der Waals surface area contributed by atoms with E-state index in [1.807, 2.05) is 6.92 Å². The van der Waals surface area contributed by atoms with E-state index in [1.165, 1.54) is 37.1 Å². The molecule has 1 aliphatic heterocycles. The molecule has 1 aliphatic carbocycles. The monoisotopic (exact) mass is 756 g/mol. The van der Waals surface area contributed by atoms with E-state index in [0.717, 1.165) is 49.0 Å². The first kappa shape index (κ1) is 41.7. The van der Waals surface area contributed by atoms with Crippen molar-refractivity contribution < 1.29 is 56.7 Å². The van der Waals surface area contributed by atoms with Crippen LogP contribution in [-0.4, -0.2) is 45.5 Å². The fourth-order valence-corrected chi connectivity index (χ4v) is 5.18. The van der Waals surface area contributed by atoms with Crippen LogP contribution in [0.5, 0.6) is 11.5 Å². The van der Waals surface area contributed by atoms with Gasteiger partial charge in [0.1, 0.15) is 23.1 Å². The molecule has 2 unspecified atom stereocenters. The van der Waals surface area contributed by atoms with E-state index in [0.29, 0.717) is 5.56 Å². The van der Waals surface area contributed by atoms with Crippen LogP contribution in [-0.2, 0) is 15.8 Å². The summed E-state index contributed by atoms with van der Waals surface area (Å²) in [6.45, 7) is 7.01. The fourth-order valence-electron chi connectivity index (χ4n) is 4.79. The number of aromatic hydroxyl groups is 1. The number of benzene rings is 4. The number of carboxylic acids is 1. The molecule has 3 aromatic carbocycles. The topological polar surface area (TPSA) is 256 Å². The van der Waals surface area contributed by atoms with Crippen molar-refractivity contribution in [3.63, 3.8) is 0 Å². The predicted octanol–water partition coefficient (Wildman–Crippen LogP) is 4.68. The number of carbonyl (C=O) groups excluding carboxylic acids is 2. The minimum Gasteiger partial charge on any atom is -0.746 e. The zero-order valence-electron chi connectivity index (χ0n) is 28.7. The van der Waals surface area contributed by atoms with Gasteiger partial charge < -0.3 is 45.7 Å². The van der Waals surface area contributed by atoms with Crippen LogP contribution in [0, 0.1) is 11.6 Å². The number of hydrogen-bond acceptors (Lipinski definition) is 10. The number of amides is 2. The standard InChI is InChI=1S/C30H21F2N2O11P.C4H10.C2H7N/c31-20-9-18-25(11-23(20)35)44-26-12-24(36)21(32)10-19(26)27(18)17-8-14(3-6-16(17)30(39)40)29(38)34-22(28(33)37)7-13-1-4-15(5-2-13)45-46(41,42)43;1-3-4-2;1-2-3/h1-6,8-12,22,35H,7H2,(H2,33,37)(H,34,38)(H,39,40)(H2,41,42,43);3-4H2,1-2H3;2-3H2,1H3/p-1. The highest BCUT2D eigenvalue weighted by atomic mass is 31.2. The van der Waals surface area contributed by atoms with Gasteiger partial charge in [0, 0.05) is 40.6 Å². The lowest BCUT2D eigenvalue weighted by Gasteiger charge is -2.19. The minimum absolute atomic E-state index is 0.127. The van der Waals surface area contributed by atoms with Gasteiger partial charge in [-0.2, -0.15) is 0 Å². The average Bonchev–Trinajstić information content (AvgIpc) is 3.08. The van der Waals surface area contributed by atoms with E-state index < -0.39 is 60.0 Å². The smallest absolute Gasteiger partial charge is 0.336 e. The number of nitrogens with one attached hydrogen (secondary N) is 1. The summed E-state index contributed by atoms with van der Waals surface area (Å²) in [5, 5.41) is 22.2. The molecule has 53 heavy (non-hydrogen) atoms. The number of nitrogens with two attached hydrogens (primary N) is 2. The summed E-state index contributed by atoms with van der Waals surface area (Å²) in [5.41, 5.74) is 8.36. The Hall–Kier alpha value is -5.67. The van der Waals surface area contributed by atoms with Crippen LogP contribution in [0.15, 0.2) is 75.9 Å². The lowest BCUT2D eigenvalue weighted by Crippen LogP contribution is -2.45. The number of carboxylic acid groups (broad SMARTS) is 1. The van der Waals surface area contributed by atoms with E-state index in [4.69, 9.17) is 20.8 Å². The van der Waals surface area contributed by atoms with E-state index >= 15 is 0 Å². The number of phosphoric acid groups is 1. The molecule has 0 aromatic heterocycles. The van der Waals surface area contributed by atoms with Crippen LogP contribution in [0.25, 0.3) is 33.4 Å². The number of halogens is 2. The van der Waals surface area contributed by atoms with Crippen LogP contribution >= 0.6 is 7.82 Å². The van der Waals surface area contributed by atoms with E-state index in [1.54, 1.807) is 0 Å². The summed E-state index contributed by atoms with van der Waals surface area (Å²) >= 11 is 0. The third-order valence-corrected chi connectivity index (χ3v) is 7.80. The molecule has 17 heteroatoms. The summed E-state index contributed by atoms with van der Waals surface area (Å²) in [6, 6.07) is 10.3. The molecule has 1 heterocycles. The zero-order valence-corrected chi connectivity index (χ0v) is 29.6. The summed E-state index contributed by atoms with van der Waals surface area (Å²) in [6.07, 6.45) is 2.46. The normalized spacial score (nSPS) is 12.4. The van der Waals surface area contributed by atoms with E-state index in [9.17, 15) is 47.6 Å².